The zero-order valence-corrected chi connectivity index (χ0v) is 11.5. The number of nitrogens with one attached hydrogen (secondary N) is 1. The second-order valence-electron chi connectivity index (χ2n) is 4.87. The van der Waals surface area contributed by atoms with Crippen molar-refractivity contribution >= 4 is 15.9 Å². The van der Waals surface area contributed by atoms with Crippen molar-refractivity contribution in [1.29, 1.82) is 0 Å². The normalized spacial score (nSPS) is 24.9. The molecule has 1 unspecified atom stereocenters. The third kappa shape index (κ3) is 2.86. The van der Waals surface area contributed by atoms with E-state index in [1.54, 1.807) is 0 Å². The molecule has 0 amide bonds. The molecule has 0 saturated carbocycles. The Hall–Kier alpha value is -0.340. The molecule has 0 bridgehead atoms. The van der Waals surface area contributed by atoms with Gasteiger partial charge in [-0.3, -0.25) is 0 Å². The van der Waals surface area contributed by atoms with Gasteiger partial charge in [-0.25, -0.2) is 0 Å². The van der Waals surface area contributed by atoms with Crippen LogP contribution in [-0.2, 0) is 6.42 Å². The molecule has 1 aliphatic rings. The summed E-state index contributed by atoms with van der Waals surface area (Å²) < 4.78 is 1.19. The zero-order valence-electron chi connectivity index (χ0n) is 9.93. The van der Waals surface area contributed by atoms with E-state index in [4.69, 9.17) is 0 Å². The Balaban J connectivity index is 2.11. The monoisotopic (exact) mass is 281 g/mol. The number of halogens is 1. The van der Waals surface area contributed by atoms with Crippen LogP contribution in [0.4, 0.5) is 0 Å². The lowest BCUT2D eigenvalue weighted by molar-refractivity contribution is 0.342. The van der Waals surface area contributed by atoms with E-state index in [9.17, 15) is 0 Å². The maximum absolute atomic E-state index is 3.72. The van der Waals surface area contributed by atoms with Gasteiger partial charge in [-0.05, 0) is 49.9 Å². The molecule has 0 aromatic heterocycles. The van der Waals surface area contributed by atoms with E-state index in [1.807, 2.05) is 0 Å². The van der Waals surface area contributed by atoms with Crippen molar-refractivity contribution in [3.05, 3.63) is 34.3 Å². The lowest BCUT2D eigenvalue weighted by Crippen LogP contribution is -2.41. The molecule has 2 heteroatoms. The lowest BCUT2D eigenvalue weighted by Gasteiger charge is -2.29. The van der Waals surface area contributed by atoms with Crippen LogP contribution in [-0.4, -0.2) is 12.1 Å². The Bertz CT molecular complexity index is 342. The van der Waals surface area contributed by atoms with Crippen molar-refractivity contribution in [1.82, 2.24) is 5.32 Å². The largest absolute Gasteiger partial charge is 0.311 e. The van der Waals surface area contributed by atoms with Crippen LogP contribution in [0.1, 0.15) is 38.2 Å². The molecule has 16 heavy (non-hydrogen) atoms. The fourth-order valence-corrected chi connectivity index (χ4v) is 3.28. The second kappa shape index (κ2) is 5.33. The highest BCUT2D eigenvalue weighted by Crippen LogP contribution is 2.29. The first-order valence-corrected chi connectivity index (χ1v) is 7.03. The summed E-state index contributed by atoms with van der Waals surface area (Å²) in [5.74, 6) is 0. The third-order valence-corrected chi connectivity index (χ3v) is 3.99. The molecule has 1 N–H and O–H groups in total. The van der Waals surface area contributed by atoms with Gasteiger partial charge in [0.25, 0.3) is 0 Å². The van der Waals surface area contributed by atoms with E-state index >= 15 is 0 Å². The molecule has 88 valence electrons. The SMILES string of the molecule is CCCC1(Cc2cccc(Br)c2)CCCN1. The zero-order chi connectivity index (χ0) is 11.4. The summed E-state index contributed by atoms with van der Waals surface area (Å²) >= 11 is 3.55. The van der Waals surface area contributed by atoms with Gasteiger partial charge in [-0.2, -0.15) is 0 Å². The van der Waals surface area contributed by atoms with Crippen LogP contribution >= 0.6 is 15.9 Å². The topological polar surface area (TPSA) is 12.0 Å². The van der Waals surface area contributed by atoms with E-state index in [1.165, 1.54) is 48.7 Å². The van der Waals surface area contributed by atoms with Crippen molar-refractivity contribution in [2.75, 3.05) is 6.54 Å². The molecular formula is C14H20BrN. The molecule has 1 nitrogen and oxygen atoms in total. The summed E-state index contributed by atoms with van der Waals surface area (Å²) in [5.41, 5.74) is 1.81. The summed E-state index contributed by atoms with van der Waals surface area (Å²) in [4.78, 5) is 0. The van der Waals surface area contributed by atoms with Crippen LogP contribution in [0, 0.1) is 0 Å². The number of rotatable bonds is 4. The minimum Gasteiger partial charge on any atom is -0.311 e. The Kier molecular flexibility index (Phi) is 4.04. The first-order chi connectivity index (χ1) is 7.74. The summed E-state index contributed by atoms with van der Waals surface area (Å²) in [5, 5.41) is 3.72. The molecule has 1 saturated heterocycles. The van der Waals surface area contributed by atoms with E-state index in [0.717, 1.165) is 0 Å². The highest BCUT2D eigenvalue weighted by Gasteiger charge is 2.32. The fourth-order valence-electron chi connectivity index (χ4n) is 2.84. The third-order valence-electron chi connectivity index (χ3n) is 3.49. The first-order valence-electron chi connectivity index (χ1n) is 6.24. The van der Waals surface area contributed by atoms with E-state index in [2.05, 4.69) is 52.4 Å². The molecule has 2 rings (SSSR count). The highest BCUT2D eigenvalue weighted by molar-refractivity contribution is 9.10. The molecule has 1 aliphatic heterocycles. The van der Waals surface area contributed by atoms with E-state index in [-0.39, 0.29) is 0 Å². The van der Waals surface area contributed by atoms with Gasteiger partial charge in [-0.15, -0.1) is 0 Å². The van der Waals surface area contributed by atoms with Crippen LogP contribution < -0.4 is 5.32 Å². The fraction of sp³-hybridized carbons (Fsp3) is 0.571. The average Bonchev–Trinajstić information content (AvgIpc) is 2.67. The summed E-state index contributed by atoms with van der Waals surface area (Å²) in [6.45, 7) is 3.47. The van der Waals surface area contributed by atoms with Gasteiger partial charge in [0.1, 0.15) is 0 Å². The van der Waals surface area contributed by atoms with Crippen LogP contribution in [0.15, 0.2) is 28.7 Å². The molecule has 1 atom stereocenters. The molecular weight excluding hydrogens is 262 g/mol. The summed E-state index contributed by atoms with van der Waals surface area (Å²) in [7, 11) is 0. The maximum atomic E-state index is 3.72. The number of hydrogen-bond acceptors (Lipinski definition) is 1. The van der Waals surface area contributed by atoms with E-state index in [0.29, 0.717) is 5.54 Å². The van der Waals surface area contributed by atoms with Crippen LogP contribution in [0.5, 0.6) is 0 Å². The molecule has 1 fully saturated rings. The van der Waals surface area contributed by atoms with Gasteiger partial charge in [-0.1, -0.05) is 41.4 Å². The van der Waals surface area contributed by atoms with Gasteiger partial charge in [0, 0.05) is 10.0 Å². The lowest BCUT2D eigenvalue weighted by atomic mass is 9.85. The van der Waals surface area contributed by atoms with Gasteiger partial charge < -0.3 is 5.32 Å². The molecule has 0 spiro atoms. The Morgan fingerprint density at radius 1 is 1.44 bits per heavy atom. The van der Waals surface area contributed by atoms with Crippen molar-refractivity contribution in [2.45, 2.75) is 44.6 Å². The van der Waals surface area contributed by atoms with Crippen molar-refractivity contribution in [3.63, 3.8) is 0 Å². The Morgan fingerprint density at radius 2 is 2.31 bits per heavy atom. The summed E-state index contributed by atoms with van der Waals surface area (Å²) in [6.07, 6.45) is 6.38. The Labute approximate surface area is 107 Å². The van der Waals surface area contributed by atoms with Crippen LogP contribution in [0.25, 0.3) is 0 Å². The highest BCUT2D eigenvalue weighted by atomic mass is 79.9. The standard InChI is InChI=1S/C14H20BrN/c1-2-7-14(8-4-9-16-14)11-12-5-3-6-13(15)10-12/h3,5-6,10,16H,2,4,7-9,11H2,1H3. The van der Waals surface area contributed by atoms with Crippen LogP contribution in [0.2, 0.25) is 0 Å². The molecule has 0 aliphatic carbocycles. The average molecular weight is 282 g/mol. The number of hydrogen-bond donors (Lipinski definition) is 1. The van der Waals surface area contributed by atoms with Gasteiger partial charge in [0.15, 0.2) is 0 Å². The molecule has 1 heterocycles. The quantitative estimate of drug-likeness (QED) is 0.882. The second-order valence-corrected chi connectivity index (χ2v) is 5.78. The summed E-state index contributed by atoms with van der Waals surface area (Å²) in [6, 6.07) is 8.71. The van der Waals surface area contributed by atoms with Crippen molar-refractivity contribution in [2.24, 2.45) is 0 Å². The van der Waals surface area contributed by atoms with Gasteiger partial charge in [0.2, 0.25) is 0 Å². The molecule has 0 radical (unpaired) electrons. The minimum atomic E-state index is 0.371. The Morgan fingerprint density at radius 3 is 2.94 bits per heavy atom. The van der Waals surface area contributed by atoms with Crippen LogP contribution in [0.3, 0.4) is 0 Å². The van der Waals surface area contributed by atoms with Crippen molar-refractivity contribution < 1.29 is 0 Å². The minimum absolute atomic E-state index is 0.371. The predicted molar refractivity (Wildman–Crippen MR) is 72.7 cm³/mol. The first kappa shape index (κ1) is 12.1. The molecule has 1 aromatic rings. The smallest absolute Gasteiger partial charge is 0.0222 e. The molecule has 1 aromatic carbocycles. The van der Waals surface area contributed by atoms with E-state index < -0.39 is 0 Å². The van der Waals surface area contributed by atoms with Gasteiger partial charge >= 0.3 is 0 Å². The number of benzene rings is 1. The van der Waals surface area contributed by atoms with Crippen molar-refractivity contribution in [3.8, 4) is 0 Å². The van der Waals surface area contributed by atoms with Gasteiger partial charge in [0.05, 0.1) is 0 Å². The predicted octanol–water partition coefficient (Wildman–Crippen LogP) is 3.91. The maximum Gasteiger partial charge on any atom is 0.0222 e.